The summed E-state index contributed by atoms with van der Waals surface area (Å²) in [5.41, 5.74) is 0. The number of aliphatic imine (C=N–C) groups is 1. The second-order valence-electron chi connectivity index (χ2n) is 3.55. The second-order valence-corrected chi connectivity index (χ2v) is 4.59. The fourth-order valence-electron chi connectivity index (χ4n) is 1.28. The Balaban J connectivity index is 2.38. The molecule has 0 fully saturated rings. The zero-order chi connectivity index (χ0) is 11.6. The Labute approximate surface area is 102 Å². The number of thiophene rings is 1. The van der Waals surface area contributed by atoms with Gasteiger partial charge in [0.2, 0.25) is 0 Å². The molecule has 0 aliphatic carbocycles. The van der Waals surface area contributed by atoms with Gasteiger partial charge in [-0.3, -0.25) is 0 Å². The highest BCUT2D eigenvalue weighted by molar-refractivity contribution is 7.09. The van der Waals surface area contributed by atoms with Gasteiger partial charge in [-0.25, -0.2) is 4.99 Å². The fraction of sp³-hybridized carbons (Fsp3) is 0.583. The summed E-state index contributed by atoms with van der Waals surface area (Å²) in [4.78, 5) is 5.83. The van der Waals surface area contributed by atoms with E-state index in [0.29, 0.717) is 0 Å². The van der Waals surface area contributed by atoms with Crippen molar-refractivity contribution < 1.29 is 0 Å². The Morgan fingerprint density at radius 2 is 2.25 bits per heavy atom. The summed E-state index contributed by atoms with van der Waals surface area (Å²) in [6.07, 6.45) is 2.39. The number of hydrogen-bond donors (Lipinski definition) is 2. The molecule has 1 heterocycles. The van der Waals surface area contributed by atoms with E-state index in [1.165, 1.54) is 17.7 Å². The van der Waals surface area contributed by atoms with E-state index in [1.54, 1.807) is 11.3 Å². The predicted molar refractivity (Wildman–Crippen MR) is 72.0 cm³/mol. The van der Waals surface area contributed by atoms with Crippen LogP contribution in [-0.4, -0.2) is 19.0 Å². The molecule has 0 bridgehead atoms. The zero-order valence-electron chi connectivity index (χ0n) is 10.1. The van der Waals surface area contributed by atoms with Crippen molar-refractivity contribution in [3.05, 3.63) is 22.4 Å². The smallest absolute Gasteiger partial charge is 0.191 e. The van der Waals surface area contributed by atoms with E-state index >= 15 is 0 Å². The Morgan fingerprint density at radius 3 is 2.88 bits per heavy atom. The highest BCUT2D eigenvalue weighted by Crippen LogP contribution is 2.09. The van der Waals surface area contributed by atoms with Crippen LogP contribution in [0.1, 0.15) is 31.6 Å². The van der Waals surface area contributed by atoms with Gasteiger partial charge in [0.15, 0.2) is 5.96 Å². The minimum atomic E-state index is 0.763. The maximum absolute atomic E-state index is 4.53. The largest absolute Gasteiger partial charge is 0.357 e. The molecule has 4 heteroatoms. The van der Waals surface area contributed by atoms with E-state index < -0.39 is 0 Å². The van der Waals surface area contributed by atoms with Crippen LogP contribution in [0.3, 0.4) is 0 Å². The molecule has 0 aliphatic rings. The SMILES string of the molecule is CCCCNC(=NCc1cccs1)NCC. The number of unbranched alkanes of at least 4 members (excludes halogenated alkanes) is 1. The van der Waals surface area contributed by atoms with Crippen molar-refractivity contribution >= 4 is 17.3 Å². The molecule has 16 heavy (non-hydrogen) atoms. The molecular formula is C12H21N3S. The van der Waals surface area contributed by atoms with Crippen molar-refractivity contribution in [1.29, 1.82) is 0 Å². The molecule has 0 aliphatic heterocycles. The highest BCUT2D eigenvalue weighted by Gasteiger charge is 1.96. The number of nitrogens with one attached hydrogen (secondary N) is 2. The van der Waals surface area contributed by atoms with Crippen LogP contribution in [-0.2, 0) is 6.54 Å². The molecule has 1 rings (SSSR count). The van der Waals surface area contributed by atoms with Gasteiger partial charge in [-0.1, -0.05) is 19.4 Å². The van der Waals surface area contributed by atoms with Crippen LogP contribution in [0.25, 0.3) is 0 Å². The van der Waals surface area contributed by atoms with Gasteiger partial charge in [-0.05, 0) is 24.8 Å². The summed E-state index contributed by atoms with van der Waals surface area (Å²) >= 11 is 1.75. The first-order valence-electron chi connectivity index (χ1n) is 5.91. The molecule has 0 radical (unpaired) electrons. The van der Waals surface area contributed by atoms with Crippen molar-refractivity contribution in [3.8, 4) is 0 Å². The van der Waals surface area contributed by atoms with E-state index in [0.717, 1.165) is 25.6 Å². The summed E-state index contributed by atoms with van der Waals surface area (Å²) in [7, 11) is 0. The molecule has 3 nitrogen and oxygen atoms in total. The van der Waals surface area contributed by atoms with Crippen LogP contribution in [0.4, 0.5) is 0 Å². The van der Waals surface area contributed by atoms with Gasteiger partial charge in [0.05, 0.1) is 6.54 Å². The molecule has 0 saturated carbocycles. The van der Waals surface area contributed by atoms with Gasteiger partial charge in [0, 0.05) is 18.0 Å². The summed E-state index contributed by atoms with van der Waals surface area (Å²) in [6.45, 7) is 6.94. The first-order chi connectivity index (χ1) is 7.86. The quantitative estimate of drug-likeness (QED) is 0.455. The molecule has 0 saturated heterocycles. The van der Waals surface area contributed by atoms with Crippen LogP contribution < -0.4 is 10.6 Å². The van der Waals surface area contributed by atoms with E-state index in [4.69, 9.17) is 0 Å². The van der Waals surface area contributed by atoms with Crippen LogP contribution in [0, 0.1) is 0 Å². The van der Waals surface area contributed by atoms with E-state index in [2.05, 4.69) is 47.0 Å². The Morgan fingerprint density at radius 1 is 1.38 bits per heavy atom. The van der Waals surface area contributed by atoms with Gasteiger partial charge in [0.1, 0.15) is 0 Å². The van der Waals surface area contributed by atoms with E-state index in [9.17, 15) is 0 Å². The minimum Gasteiger partial charge on any atom is -0.357 e. The standard InChI is InChI=1S/C12H21N3S/c1-3-5-8-14-12(13-4-2)15-10-11-7-6-9-16-11/h6-7,9H,3-5,8,10H2,1-2H3,(H2,13,14,15). The van der Waals surface area contributed by atoms with Crippen LogP contribution in [0.5, 0.6) is 0 Å². The molecule has 0 amide bonds. The lowest BCUT2D eigenvalue weighted by Crippen LogP contribution is -2.37. The van der Waals surface area contributed by atoms with Gasteiger partial charge in [-0.15, -0.1) is 11.3 Å². The molecule has 0 atom stereocenters. The van der Waals surface area contributed by atoms with Crippen LogP contribution in [0.2, 0.25) is 0 Å². The second kappa shape index (κ2) is 8.16. The third-order valence-corrected chi connectivity index (χ3v) is 3.00. The summed E-state index contributed by atoms with van der Waals surface area (Å²) in [5, 5.41) is 8.66. The maximum atomic E-state index is 4.53. The lowest BCUT2D eigenvalue weighted by atomic mass is 10.3. The number of hydrogen-bond acceptors (Lipinski definition) is 2. The van der Waals surface area contributed by atoms with Gasteiger partial charge in [0.25, 0.3) is 0 Å². The Bertz CT molecular complexity index is 293. The molecule has 2 N–H and O–H groups in total. The molecule has 0 spiro atoms. The Kier molecular flexibility index (Phi) is 6.65. The third kappa shape index (κ3) is 5.16. The number of guanidine groups is 1. The van der Waals surface area contributed by atoms with Crippen molar-refractivity contribution in [2.45, 2.75) is 33.2 Å². The van der Waals surface area contributed by atoms with Gasteiger partial charge < -0.3 is 10.6 Å². The minimum absolute atomic E-state index is 0.763. The highest BCUT2D eigenvalue weighted by atomic mass is 32.1. The lowest BCUT2D eigenvalue weighted by molar-refractivity contribution is 0.730. The maximum Gasteiger partial charge on any atom is 0.191 e. The van der Waals surface area contributed by atoms with Gasteiger partial charge >= 0.3 is 0 Å². The summed E-state index contributed by atoms with van der Waals surface area (Å²) < 4.78 is 0. The fourth-order valence-corrected chi connectivity index (χ4v) is 1.91. The Hall–Kier alpha value is -1.03. The monoisotopic (exact) mass is 239 g/mol. The predicted octanol–water partition coefficient (Wildman–Crippen LogP) is 2.60. The average Bonchev–Trinajstić information content (AvgIpc) is 2.79. The van der Waals surface area contributed by atoms with Gasteiger partial charge in [-0.2, -0.15) is 0 Å². The topological polar surface area (TPSA) is 36.4 Å². The molecule has 1 aromatic heterocycles. The van der Waals surface area contributed by atoms with Crippen LogP contribution in [0.15, 0.2) is 22.5 Å². The first kappa shape index (κ1) is 13.0. The molecule has 0 unspecified atom stereocenters. The summed E-state index contributed by atoms with van der Waals surface area (Å²) in [6, 6.07) is 4.18. The average molecular weight is 239 g/mol. The van der Waals surface area contributed by atoms with E-state index in [-0.39, 0.29) is 0 Å². The number of nitrogens with zero attached hydrogens (tertiary/aromatic N) is 1. The van der Waals surface area contributed by atoms with Crippen molar-refractivity contribution in [2.24, 2.45) is 4.99 Å². The zero-order valence-corrected chi connectivity index (χ0v) is 10.9. The molecular weight excluding hydrogens is 218 g/mol. The lowest BCUT2D eigenvalue weighted by Gasteiger charge is -2.10. The van der Waals surface area contributed by atoms with E-state index in [1.807, 2.05) is 0 Å². The van der Waals surface area contributed by atoms with Crippen molar-refractivity contribution in [3.63, 3.8) is 0 Å². The van der Waals surface area contributed by atoms with Crippen molar-refractivity contribution in [2.75, 3.05) is 13.1 Å². The van der Waals surface area contributed by atoms with Crippen molar-refractivity contribution in [1.82, 2.24) is 10.6 Å². The normalized spacial score (nSPS) is 11.5. The first-order valence-corrected chi connectivity index (χ1v) is 6.79. The van der Waals surface area contributed by atoms with Crippen LogP contribution >= 0.6 is 11.3 Å². The molecule has 90 valence electrons. The third-order valence-electron chi connectivity index (χ3n) is 2.14. The number of rotatable bonds is 6. The molecule has 0 aromatic carbocycles. The summed E-state index contributed by atoms with van der Waals surface area (Å²) in [5.74, 6) is 0.921. The molecule has 1 aromatic rings.